The summed E-state index contributed by atoms with van der Waals surface area (Å²) in [6.07, 6.45) is 0. The van der Waals surface area contributed by atoms with Crippen LogP contribution in [0.3, 0.4) is 0 Å². The molecule has 0 radical (unpaired) electrons. The molecule has 4 N–H and O–H groups in total. The van der Waals surface area contributed by atoms with Crippen molar-refractivity contribution in [1.29, 1.82) is 0 Å². The van der Waals surface area contributed by atoms with Gasteiger partial charge in [0.25, 0.3) is 5.91 Å². The summed E-state index contributed by atoms with van der Waals surface area (Å²) in [7, 11) is 0. The molecule has 2 rings (SSSR count). The molecule has 7 heteroatoms. The Bertz CT molecular complexity index is 514. The zero-order chi connectivity index (χ0) is 13.3. The molecule has 1 unspecified atom stereocenters. The molecule has 96 valence electrons. The summed E-state index contributed by atoms with van der Waals surface area (Å²) in [5.41, 5.74) is 6.38. The maximum atomic E-state index is 11.5. The van der Waals surface area contributed by atoms with E-state index in [1.54, 1.807) is 19.1 Å². The topological polar surface area (TPSA) is 111 Å². The minimum Gasteiger partial charge on any atom is -0.480 e. The smallest absolute Gasteiger partial charge is 0.330 e. The van der Waals surface area contributed by atoms with Gasteiger partial charge in [-0.1, -0.05) is 0 Å². The van der Waals surface area contributed by atoms with Gasteiger partial charge in [0.15, 0.2) is 17.5 Å². The van der Waals surface area contributed by atoms with Gasteiger partial charge in [-0.3, -0.25) is 4.79 Å². The van der Waals surface area contributed by atoms with Crippen LogP contribution >= 0.6 is 0 Å². The number of carboxylic acids is 1. The quantitative estimate of drug-likeness (QED) is 0.657. The molecule has 1 amide bonds. The third-order valence-electron chi connectivity index (χ3n) is 2.53. The SMILES string of the molecule is Cc1cc2c(cc1NC(=O)C(N)C(=O)O)OCO2. The normalized spacial score (nSPS) is 14.1. The number of amides is 1. The number of nitrogens with two attached hydrogens (primary N) is 1. The number of rotatable bonds is 3. The van der Waals surface area contributed by atoms with E-state index in [-0.39, 0.29) is 6.79 Å². The van der Waals surface area contributed by atoms with Crippen molar-refractivity contribution in [2.45, 2.75) is 13.0 Å². The molecule has 0 aliphatic carbocycles. The van der Waals surface area contributed by atoms with E-state index in [9.17, 15) is 9.59 Å². The third kappa shape index (κ3) is 2.21. The molecule has 7 nitrogen and oxygen atoms in total. The number of ether oxygens (including phenoxy) is 2. The van der Waals surface area contributed by atoms with E-state index in [4.69, 9.17) is 20.3 Å². The Morgan fingerprint density at radius 3 is 2.61 bits per heavy atom. The van der Waals surface area contributed by atoms with Crippen LogP contribution in [-0.2, 0) is 9.59 Å². The second kappa shape index (κ2) is 4.53. The Labute approximate surface area is 102 Å². The number of benzene rings is 1. The molecule has 0 saturated heterocycles. The van der Waals surface area contributed by atoms with E-state index in [0.29, 0.717) is 17.2 Å². The van der Waals surface area contributed by atoms with Crippen LogP contribution in [0.15, 0.2) is 12.1 Å². The molecule has 18 heavy (non-hydrogen) atoms. The van der Waals surface area contributed by atoms with Gasteiger partial charge in [-0.2, -0.15) is 0 Å². The van der Waals surface area contributed by atoms with Crippen LogP contribution in [0, 0.1) is 6.92 Å². The predicted octanol–water partition coefficient (Wildman–Crippen LogP) is 0.0741. The number of fused-ring (bicyclic) bond motifs is 1. The largest absolute Gasteiger partial charge is 0.480 e. The molecule has 0 spiro atoms. The number of nitrogens with one attached hydrogen (secondary N) is 1. The lowest BCUT2D eigenvalue weighted by Crippen LogP contribution is -2.42. The van der Waals surface area contributed by atoms with Gasteiger partial charge in [-0.05, 0) is 18.6 Å². The van der Waals surface area contributed by atoms with Crippen LogP contribution in [0.2, 0.25) is 0 Å². The fraction of sp³-hybridized carbons (Fsp3) is 0.273. The monoisotopic (exact) mass is 252 g/mol. The molecule has 1 aromatic rings. The van der Waals surface area contributed by atoms with Crippen molar-refractivity contribution in [3.05, 3.63) is 17.7 Å². The van der Waals surface area contributed by atoms with Crippen molar-refractivity contribution >= 4 is 17.6 Å². The zero-order valence-electron chi connectivity index (χ0n) is 9.60. The Hall–Kier alpha value is -2.28. The van der Waals surface area contributed by atoms with E-state index in [1.165, 1.54) is 0 Å². The summed E-state index contributed by atoms with van der Waals surface area (Å²) in [5, 5.41) is 11.1. The average Bonchev–Trinajstić information content (AvgIpc) is 2.75. The van der Waals surface area contributed by atoms with Crippen LogP contribution in [0.1, 0.15) is 5.56 Å². The van der Waals surface area contributed by atoms with Crippen molar-refractivity contribution in [2.24, 2.45) is 5.73 Å². The van der Waals surface area contributed by atoms with E-state index in [0.717, 1.165) is 5.56 Å². The van der Waals surface area contributed by atoms with Gasteiger partial charge >= 0.3 is 5.97 Å². The Kier molecular flexibility index (Phi) is 3.07. The van der Waals surface area contributed by atoms with Crippen molar-refractivity contribution in [3.63, 3.8) is 0 Å². The van der Waals surface area contributed by atoms with Crippen molar-refractivity contribution in [2.75, 3.05) is 12.1 Å². The minimum absolute atomic E-state index is 0.126. The molecule has 1 atom stereocenters. The van der Waals surface area contributed by atoms with Crippen LogP contribution < -0.4 is 20.5 Å². The number of hydrogen-bond donors (Lipinski definition) is 3. The Morgan fingerprint density at radius 2 is 2.00 bits per heavy atom. The molecular weight excluding hydrogens is 240 g/mol. The number of carbonyl (C=O) groups is 2. The number of anilines is 1. The predicted molar refractivity (Wildman–Crippen MR) is 61.5 cm³/mol. The van der Waals surface area contributed by atoms with Gasteiger partial charge in [0, 0.05) is 11.8 Å². The summed E-state index contributed by atoms with van der Waals surface area (Å²) < 4.78 is 10.3. The summed E-state index contributed by atoms with van der Waals surface area (Å²) in [6, 6.07) is 1.67. The molecular formula is C11H12N2O5. The fourth-order valence-corrected chi connectivity index (χ4v) is 1.50. The molecule has 0 saturated carbocycles. The van der Waals surface area contributed by atoms with Gasteiger partial charge in [0.2, 0.25) is 6.79 Å². The highest BCUT2D eigenvalue weighted by Crippen LogP contribution is 2.36. The Balaban J connectivity index is 2.20. The number of carboxylic acid groups (broad SMARTS) is 1. The van der Waals surface area contributed by atoms with Gasteiger partial charge < -0.3 is 25.6 Å². The molecule has 1 aliphatic rings. The molecule has 0 aromatic heterocycles. The lowest BCUT2D eigenvalue weighted by Gasteiger charge is -2.11. The summed E-state index contributed by atoms with van der Waals surface area (Å²) >= 11 is 0. The first-order valence-corrected chi connectivity index (χ1v) is 5.18. The second-order valence-electron chi connectivity index (χ2n) is 3.83. The van der Waals surface area contributed by atoms with Gasteiger partial charge in [0.05, 0.1) is 0 Å². The Morgan fingerprint density at radius 1 is 1.39 bits per heavy atom. The number of aryl methyl sites for hydroxylation is 1. The second-order valence-corrected chi connectivity index (χ2v) is 3.83. The van der Waals surface area contributed by atoms with Crippen LogP contribution in [0.5, 0.6) is 11.5 Å². The maximum Gasteiger partial charge on any atom is 0.330 e. The van der Waals surface area contributed by atoms with Crippen molar-refractivity contribution in [3.8, 4) is 11.5 Å². The lowest BCUT2D eigenvalue weighted by atomic mass is 10.1. The highest BCUT2D eigenvalue weighted by Gasteiger charge is 2.23. The summed E-state index contributed by atoms with van der Waals surface area (Å²) in [4.78, 5) is 22.1. The highest BCUT2D eigenvalue weighted by molar-refractivity contribution is 6.07. The number of carbonyl (C=O) groups excluding carboxylic acids is 1. The maximum absolute atomic E-state index is 11.5. The van der Waals surface area contributed by atoms with Crippen molar-refractivity contribution in [1.82, 2.24) is 0 Å². The first kappa shape index (κ1) is 12.2. The van der Waals surface area contributed by atoms with Gasteiger partial charge in [0.1, 0.15) is 0 Å². The van der Waals surface area contributed by atoms with Crippen molar-refractivity contribution < 1.29 is 24.2 Å². The molecule has 0 fully saturated rings. The van der Waals surface area contributed by atoms with Crippen LogP contribution in [0.4, 0.5) is 5.69 Å². The van der Waals surface area contributed by atoms with Gasteiger partial charge in [-0.25, -0.2) is 4.79 Å². The summed E-state index contributed by atoms with van der Waals surface area (Å²) in [6.45, 7) is 1.88. The zero-order valence-corrected chi connectivity index (χ0v) is 9.60. The van der Waals surface area contributed by atoms with Gasteiger partial charge in [-0.15, -0.1) is 0 Å². The molecule has 1 heterocycles. The number of hydrogen-bond acceptors (Lipinski definition) is 5. The third-order valence-corrected chi connectivity index (χ3v) is 2.53. The first-order chi connectivity index (χ1) is 8.49. The standard InChI is InChI=1S/C11H12N2O5/c1-5-2-7-8(18-4-17-7)3-6(5)13-10(14)9(12)11(15)16/h2-3,9H,4,12H2,1H3,(H,13,14)(H,15,16). The van der Waals surface area contributed by atoms with E-state index in [2.05, 4.69) is 5.32 Å². The fourth-order valence-electron chi connectivity index (χ4n) is 1.50. The van der Waals surface area contributed by atoms with E-state index < -0.39 is 17.9 Å². The first-order valence-electron chi connectivity index (χ1n) is 5.18. The molecule has 1 aromatic carbocycles. The lowest BCUT2D eigenvalue weighted by molar-refractivity contribution is -0.141. The summed E-state index contributed by atoms with van der Waals surface area (Å²) in [5.74, 6) is -1.08. The van der Waals surface area contributed by atoms with E-state index in [1.807, 2.05) is 0 Å². The highest BCUT2D eigenvalue weighted by atomic mass is 16.7. The minimum atomic E-state index is -1.60. The molecule has 1 aliphatic heterocycles. The molecule has 0 bridgehead atoms. The number of aliphatic carboxylic acids is 1. The average molecular weight is 252 g/mol. The van der Waals surface area contributed by atoms with E-state index >= 15 is 0 Å². The van der Waals surface area contributed by atoms with Crippen LogP contribution in [0.25, 0.3) is 0 Å². The van der Waals surface area contributed by atoms with Crippen LogP contribution in [-0.4, -0.2) is 29.8 Å².